The maximum absolute atomic E-state index is 11.8. The van der Waals surface area contributed by atoms with E-state index in [1.165, 1.54) is 0 Å². The lowest BCUT2D eigenvalue weighted by atomic mass is 10.2. The summed E-state index contributed by atoms with van der Waals surface area (Å²) in [5.74, 6) is 1.56. The van der Waals surface area contributed by atoms with Crippen LogP contribution in [0.2, 0.25) is 0 Å². The van der Waals surface area contributed by atoms with Gasteiger partial charge in [-0.3, -0.25) is 4.79 Å². The molecule has 1 aromatic heterocycles. The molecule has 1 atom stereocenters. The van der Waals surface area contributed by atoms with Gasteiger partial charge in [-0.05, 0) is 39.9 Å². The molecule has 1 heterocycles. The summed E-state index contributed by atoms with van der Waals surface area (Å²) in [4.78, 5) is 11.8. The van der Waals surface area contributed by atoms with Gasteiger partial charge in [-0.25, -0.2) is 0 Å². The van der Waals surface area contributed by atoms with Crippen LogP contribution in [-0.2, 0) is 7.05 Å². The van der Waals surface area contributed by atoms with Crippen LogP contribution in [0.5, 0.6) is 0 Å². The molecule has 0 aliphatic carbocycles. The lowest BCUT2D eigenvalue weighted by Crippen LogP contribution is -2.30. The van der Waals surface area contributed by atoms with Crippen LogP contribution >= 0.6 is 27.7 Å². The van der Waals surface area contributed by atoms with Crippen LogP contribution in [0.4, 0.5) is 0 Å². The van der Waals surface area contributed by atoms with Crippen LogP contribution in [0.15, 0.2) is 16.7 Å². The number of thioether (sulfide) groups is 1. The van der Waals surface area contributed by atoms with Crippen LogP contribution < -0.4 is 5.32 Å². The molecule has 0 aliphatic rings. The molecule has 1 aromatic rings. The quantitative estimate of drug-likeness (QED) is 0.907. The van der Waals surface area contributed by atoms with Crippen molar-refractivity contribution in [3.05, 3.63) is 22.4 Å². The van der Waals surface area contributed by atoms with Gasteiger partial charge in [0, 0.05) is 24.3 Å². The second-order valence-corrected chi connectivity index (χ2v) is 5.75. The van der Waals surface area contributed by atoms with Gasteiger partial charge in [-0.15, -0.1) is 0 Å². The Kier molecular flexibility index (Phi) is 5.41. The van der Waals surface area contributed by atoms with Crippen molar-refractivity contribution >= 4 is 33.6 Å². The minimum Gasteiger partial charge on any atom is -0.350 e. The smallest absolute Gasteiger partial charge is 0.267 e. The van der Waals surface area contributed by atoms with Crippen molar-refractivity contribution in [1.82, 2.24) is 9.88 Å². The van der Waals surface area contributed by atoms with Gasteiger partial charge in [0.05, 0.1) is 0 Å². The number of hydrogen-bond acceptors (Lipinski definition) is 2. The zero-order valence-electron chi connectivity index (χ0n) is 9.79. The molecule has 5 heteroatoms. The van der Waals surface area contributed by atoms with Crippen LogP contribution in [0.25, 0.3) is 0 Å². The zero-order valence-corrected chi connectivity index (χ0v) is 12.2. The fourth-order valence-electron chi connectivity index (χ4n) is 1.45. The number of aryl methyl sites for hydroxylation is 1. The molecule has 90 valence electrons. The van der Waals surface area contributed by atoms with Gasteiger partial charge in [0.1, 0.15) is 5.69 Å². The number of aromatic nitrogens is 1. The summed E-state index contributed by atoms with van der Waals surface area (Å²) in [7, 11) is 1.87. The Balaban J connectivity index is 2.50. The van der Waals surface area contributed by atoms with E-state index in [2.05, 4.69) is 34.4 Å². The zero-order chi connectivity index (χ0) is 12.1. The molecule has 0 aliphatic heterocycles. The highest BCUT2D eigenvalue weighted by Crippen LogP contribution is 2.13. The number of nitrogens with zero attached hydrogens (tertiary/aromatic N) is 1. The van der Waals surface area contributed by atoms with E-state index in [0.29, 0.717) is 11.6 Å². The van der Waals surface area contributed by atoms with Crippen molar-refractivity contribution < 1.29 is 4.79 Å². The molecule has 3 nitrogen and oxygen atoms in total. The lowest BCUT2D eigenvalue weighted by Gasteiger charge is -2.11. The largest absolute Gasteiger partial charge is 0.350 e. The van der Waals surface area contributed by atoms with Crippen LogP contribution in [0.1, 0.15) is 17.4 Å². The van der Waals surface area contributed by atoms with Crippen molar-refractivity contribution in [3.8, 4) is 0 Å². The van der Waals surface area contributed by atoms with Crippen molar-refractivity contribution in [3.63, 3.8) is 0 Å². The summed E-state index contributed by atoms with van der Waals surface area (Å²) < 4.78 is 2.75. The summed E-state index contributed by atoms with van der Waals surface area (Å²) in [5, 5.41) is 2.94. The Morgan fingerprint density at radius 3 is 2.88 bits per heavy atom. The Morgan fingerprint density at radius 2 is 2.38 bits per heavy atom. The van der Waals surface area contributed by atoms with Crippen molar-refractivity contribution in [1.29, 1.82) is 0 Å². The van der Waals surface area contributed by atoms with Gasteiger partial charge in [-0.2, -0.15) is 11.8 Å². The highest BCUT2D eigenvalue weighted by Gasteiger charge is 2.11. The van der Waals surface area contributed by atoms with Crippen LogP contribution in [0.3, 0.4) is 0 Å². The van der Waals surface area contributed by atoms with Crippen molar-refractivity contribution in [2.24, 2.45) is 13.0 Å². The molecule has 0 saturated heterocycles. The van der Waals surface area contributed by atoms with E-state index >= 15 is 0 Å². The minimum atomic E-state index is -0.0128. The Morgan fingerprint density at radius 1 is 1.69 bits per heavy atom. The number of carbonyl (C=O) groups is 1. The Bertz CT molecular complexity index is 365. The molecule has 0 aromatic carbocycles. The maximum atomic E-state index is 11.8. The van der Waals surface area contributed by atoms with Gasteiger partial charge in [0.15, 0.2) is 0 Å². The second-order valence-electron chi connectivity index (χ2n) is 3.93. The molecule has 0 saturated carbocycles. The summed E-state index contributed by atoms with van der Waals surface area (Å²) in [5.41, 5.74) is 0.684. The van der Waals surface area contributed by atoms with Crippen molar-refractivity contribution in [2.45, 2.75) is 6.92 Å². The highest BCUT2D eigenvalue weighted by atomic mass is 79.9. The molecule has 1 N–H and O–H groups in total. The molecule has 1 amide bonds. The monoisotopic (exact) mass is 304 g/mol. The molecule has 0 radical (unpaired) electrons. The number of amides is 1. The third-order valence-corrected chi connectivity index (χ3v) is 3.60. The average Bonchev–Trinajstić information content (AvgIpc) is 2.55. The first-order valence-corrected chi connectivity index (χ1v) is 7.32. The summed E-state index contributed by atoms with van der Waals surface area (Å²) >= 11 is 5.15. The fraction of sp³-hybridized carbons (Fsp3) is 0.545. The number of nitrogens with one attached hydrogen (secondary N) is 1. The molecular weight excluding hydrogens is 288 g/mol. The summed E-state index contributed by atoms with van der Waals surface area (Å²) in [6.45, 7) is 2.86. The molecule has 1 unspecified atom stereocenters. The number of rotatable bonds is 5. The van der Waals surface area contributed by atoms with E-state index in [1.54, 1.807) is 11.8 Å². The third kappa shape index (κ3) is 3.87. The number of hydrogen-bond donors (Lipinski definition) is 1. The molecule has 16 heavy (non-hydrogen) atoms. The summed E-state index contributed by atoms with van der Waals surface area (Å²) in [6, 6.07) is 1.83. The third-order valence-electron chi connectivity index (χ3n) is 2.27. The maximum Gasteiger partial charge on any atom is 0.267 e. The minimum absolute atomic E-state index is 0.0128. The molecule has 0 spiro atoms. The van der Waals surface area contributed by atoms with E-state index in [0.717, 1.165) is 16.8 Å². The van der Waals surface area contributed by atoms with Crippen LogP contribution in [-0.4, -0.2) is 29.0 Å². The van der Waals surface area contributed by atoms with Crippen molar-refractivity contribution in [2.75, 3.05) is 18.6 Å². The summed E-state index contributed by atoms with van der Waals surface area (Å²) in [6.07, 6.45) is 3.95. The van der Waals surface area contributed by atoms with Gasteiger partial charge >= 0.3 is 0 Å². The Hall–Kier alpha value is -0.420. The fourth-order valence-corrected chi connectivity index (χ4v) is 2.66. The normalized spacial score (nSPS) is 12.5. The average molecular weight is 305 g/mol. The van der Waals surface area contributed by atoms with E-state index in [9.17, 15) is 4.79 Å². The highest BCUT2D eigenvalue weighted by molar-refractivity contribution is 9.10. The standard InChI is InChI=1S/C11H17BrN2OS/c1-8(7-16-3)5-13-11(15)10-4-9(12)6-14(10)2/h4,6,8H,5,7H2,1-3H3,(H,13,15). The molecule has 1 rings (SSSR count). The topological polar surface area (TPSA) is 34.0 Å². The number of halogens is 1. The van der Waals surface area contributed by atoms with Crippen LogP contribution in [0, 0.1) is 5.92 Å². The Labute approximate surface area is 109 Å². The predicted octanol–water partition coefficient (Wildman–Crippen LogP) is 2.52. The first-order valence-electron chi connectivity index (χ1n) is 5.13. The van der Waals surface area contributed by atoms with E-state index in [-0.39, 0.29) is 5.91 Å². The molecule has 0 fully saturated rings. The van der Waals surface area contributed by atoms with Gasteiger partial charge in [0.25, 0.3) is 5.91 Å². The van der Waals surface area contributed by atoms with E-state index in [4.69, 9.17) is 0 Å². The first-order chi connectivity index (χ1) is 7.54. The molecule has 0 bridgehead atoms. The van der Waals surface area contributed by atoms with E-state index < -0.39 is 0 Å². The number of carbonyl (C=O) groups excluding carboxylic acids is 1. The first kappa shape index (κ1) is 13.6. The van der Waals surface area contributed by atoms with Gasteiger partial charge in [0.2, 0.25) is 0 Å². The SMILES string of the molecule is CSCC(C)CNC(=O)c1cc(Br)cn1C. The van der Waals surface area contributed by atoms with Gasteiger partial charge < -0.3 is 9.88 Å². The molecular formula is C11H17BrN2OS. The predicted molar refractivity (Wildman–Crippen MR) is 73.0 cm³/mol. The van der Waals surface area contributed by atoms with E-state index in [1.807, 2.05) is 23.9 Å². The van der Waals surface area contributed by atoms with Gasteiger partial charge in [-0.1, -0.05) is 6.92 Å². The second kappa shape index (κ2) is 6.35. The lowest BCUT2D eigenvalue weighted by molar-refractivity contribution is 0.0941.